The number of thioether (sulfide) groups is 1. The highest BCUT2D eigenvalue weighted by Crippen LogP contribution is 2.31. The zero-order chi connectivity index (χ0) is 14.6. The van der Waals surface area contributed by atoms with Crippen molar-refractivity contribution in [2.45, 2.75) is 38.9 Å². The van der Waals surface area contributed by atoms with Crippen molar-refractivity contribution in [1.29, 1.82) is 0 Å². The molecule has 4 heteroatoms. The summed E-state index contributed by atoms with van der Waals surface area (Å²) < 4.78 is 13.1. The average molecular weight is 294 g/mol. The molecule has 1 aliphatic rings. The van der Waals surface area contributed by atoms with E-state index in [9.17, 15) is 4.39 Å². The summed E-state index contributed by atoms with van der Waals surface area (Å²) in [7, 11) is 0. The van der Waals surface area contributed by atoms with Crippen LogP contribution in [0.5, 0.6) is 0 Å². The molecule has 0 saturated carbocycles. The first-order chi connectivity index (χ1) is 9.42. The topological polar surface area (TPSA) is 24.4 Å². The van der Waals surface area contributed by atoms with Gasteiger partial charge in [-0.15, -0.1) is 0 Å². The molecule has 0 bridgehead atoms. The van der Waals surface area contributed by atoms with Gasteiger partial charge in [-0.3, -0.25) is 4.99 Å². The molecular formula is C16H23FN2S. The van der Waals surface area contributed by atoms with Crippen LogP contribution < -0.4 is 5.32 Å². The van der Waals surface area contributed by atoms with Gasteiger partial charge in [0.1, 0.15) is 5.82 Å². The van der Waals surface area contributed by atoms with E-state index in [4.69, 9.17) is 0 Å². The maximum absolute atomic E-state index is 13.1. The van der Waals surface area contributed by atoms with E-state index in [0.717, 1.165) is 30.2 Å². The monoisotopic (exact) mass is 294 g/mol. The van der Waals surface area contributed by atoms with E-state index in [1.54, 1.807) is 12.1 Å². The molecule has 20 heavy (non-hydrogen) atoms. The fraction of sp³-hybridized carbons (Fsp3) is 0.562. The molecule has 1 unspecified atom stereocenters. The number of hydrogen-bond acceptors (Lipinski definition) is 3. The van der Waals surface area contributed by atoms with Crippen LogP contribution in [0.2, 0.25) is 0 Å². The molecule has 0 fully saturated rings. The van der Waals surface area contributed by atoms with Crippen LogP contribution in [0.3, 0.4) is 0 Å². The Labute approximate surface area is 125 Å². The van der Waals surface area contributed by atoms with Gasteiger partial charge in [-0.1, -0.05) is 44.7 Å². The lowest BCUT2D eigenvalue weighted by atomic mass is 9.90. The zero-order valence-corrected chi connectivity index (χ0v) is 13.3. The highest BCUT2D eigenvalue weighted by Gasteiger charge is 2.24. The third-order valence-electron chi connectivity index (χ3n) is 3.14. The summed E-state index contributed by atoms with van der Waals surface area (Å²) in [6.45, 7) is 8.51. The summed E-state index contributed by atoms with van der Waals surface area (Å²) in [5.41, 5.74) is 1.37. The molecule has 0 saturated heterocycles. The van der Waals surface area contributed by atoms with Crippen molar-refractivity contribution >= 4 is 16.9 Å². The normalized spacial score (nSPS) is 19.0. The van der Waals surface area contributed by atoms with Gasteiger partial charge in [-0.2, -0.15) is 0 Å². The van der Waals surface area contributed by atoms with Gasteiger partial charge >= 0.3 is 0 Å². The zero-order valence-electron chi connectivity index (χ0n) is 12.4. The van der Waals surface area contributed by atoms with Crippen molar-refractivity contribution in [3.8, 4) is 0 Å². The second-order valence-corrected chi connectivity index (χ2v) is 7.75. The van der Waals surface area contributed by atoms with Crippen LogP contribution in [0.4, 0.5) is 4.39 Å². The summed E-state index contributed by atoms with van der Waals surface area (Å²) >= 11 is 1.84. The Morgan fingerprint density at radius 1 is 1.40 bits per heavy atom. The van der Waals surface area contributed by atoms with Gasteiger partial charge in [0.15, 0.2) is 5.17 Å². The molecule has 1 aromatic carbocycles. The minimum Gasteiger partial charge on any atom is -0.365 e. The minimum absolute atomic E-state index is 0.166. The van der Waals surface area contributed by atoms with Gasteiger partial charge in [0.2, 0.25) is 0 Å². The summed E-state index contributed by atoms with van der Waals surface area (Å²) in [6, 6.07) is 6.78. The molecule has 2 rings (SSSR count). The van der Waals surface area contributed by atoms with Crippen LogP contribution in [-0.2, 0) is 6.42 Å². The van der Waals surface area contributed by atoms with Gasteiger partial charge in [-0.05, 0) is 36.0 Å². The van der Waals surface area contributed by atoms with Crippen molar-refractivity contribution in [2.24, 2.45) is 10.4 Å². The highest BCUT2D eigenvalue weighted by atomic mass is 32.2. The summed E-state index contributed by atoms with van der Waals surface area (Å²) in [5.74, 6) is -0.166. The van der Waals surface area contributed by atoms with E-state index in [1.165, 1.54) is 12.5 Å². The molecular weight excluding hydrogens is 271 g/mol. The standard InChI is InChI=1S/C16H23FN2S/c1-16(2,3)10-14-11-19-15(20-14)18-8-7-12-5-4-6-13(17)9-12/h4-6,9,14H,7-8,10-11H2,1-3H3,(H,18,19). The van der Waals surface area contributed by atoms with E-state index >= 15 is 0 Å². The number of rotatable bonds is 4. The van der Waals surface area contributed by atoms with Crippen molar-refractivity contribution in [2.75, 3.05) is 13.1 Å². The Morgan fingerprint density at radius 3 is 2.90 bits per heavy atom. The van der Waals surface area contributed by atoms with Gasteiger partial charge in [-0.25, -0.2) is 4.39 Å². The molecule has 1 heterocycles. The Morgan fingerprint density at radius 2 is 2.20 bits per heavy atom. The molecule has 1 aliphatic heterocycles. The van der Waals surface area contributed by atoms with Crippen molar-refractivity contribution < 1.29 is 4.39 Å². The highest BCUT2D eigenvalue weighted by molar-refractivity contribution is 8.14. The van der Waals surface area contributed by atoms with Crippen LogP contribution in [0.15, 0.2) is 29.3 Å². The fourth-order valence-corrected chi connectivity index (χ4v) is 3.69. The first kappa shape index (κ1) is 15.4. The maximum Gasteiger partial charge on any atom is 0.156 e. The molecule has 0 aromatic heterocycles. The number of nitrogens with one attached hydrogen (secondary N) is 1. The minimum atomic E-state index is -0.166. The maximum atomic E-state index is 13.1. The van der Waals surface area contributed by atoms with E-state index in [-0.39, 0.29) is 5.82 Å². The van der Waals surface area contributed by atoms with Gasteiger partial charge in [0, 0.05) is 11.8 Å². The van der Waals surface area contributed by atoms with E-state index in [1.807, 2.05) is 17.8 Å². The fourth-order valence-electron chi connectivity index (χ4n) is 2.31. The Bertz CT molecular complexity index is 480. The van der Waals surface area contributed by atoms with Crippen LogP contribution in [0.1, 0.15) is 32.8 Å². The lowest BCUT2D eigenvalue weighted by Gasteiger charge is -2.21. The smallest absolute Gasteiger partial charge is 0.156 e. The molecule has 0 spiro atoms. The van der Waals surface area contributed by atoms with Gasteiger partial charge in [0.05, 0.1) is 6.54 Å². The van der Waals surface area contributed by atoms with Crippen LogP contribution in [0.25, 0.3) is 0 Å². The summed E-state index contributed by atoms with van der Waals surface area (Å²) in [6.07, 6.45) is 2.00. The molecule has 0 radical (unpaired) electrons. The first-order valence-electron chi connectivity index (χ1n) is 7.12. The molecule has 1 N–H and O–H groups in total. The van der Waals surface area contributed by atoms with Crippen LogP contribution in [0, 0.1) is 11.2 Å². The summed E-state index contributed by atoms with van der Waals surface area (Å²) in [5, 5.41) is 4.98. The molecule has 1 atom stereocenters. The Kier molecular flexibility index (Phi) is 5.08. The second-order valence-electron chi connectivity index (χ2n) is 6.46. The lowest BCUT2D eigenvalue weighted by molar-refractivity contribution is 0.375. The van der Waals surface area contributed by atoms with Crippen LogP contribution >= 0.6 is 11.8 Å². The number of aliphatic imine (C=N–C) groups is 1. The largest absolute Gasteiger partial charge is 0.365 e. The predicted molar refractivity (Wildman–Crippen MR) is 85.9 cm³/mol. The van der Waals surface area contributed by atoms with E-state index in [0.29, 0.717) is 10.7 Å². The van der Waals surface area contributed by atoms with Crippen LogP contribution in [-0.4, -0.2) is 23.5 Å². The number of hydrogen-bond donors (Lipinski definition) is 1. The SMILES string of the molecule is CC(C)(C)CC1CN=C(NCCc2cccc(F)c2)S1. The Balaban J connectivity index is 1.71. The van der Waals surface area contributed by atoms with E-state index < -0.39 is 0 Å². The van der Waals surface area contributed by atoms with E-state index in [2.05, 4.69) is 31.1 Å². The van der Waals surface area contributed by atoms with Gasteiger partial charge in [0.25, 0.3) is 0 Å². The molecule has 110 valence electrons. The predicted octanol–water partition coefficient (Wildman–Crippen LogP) is 3.87. The third-order valence-corrected chi connectivity index (χ3v) is 4.28. The second kappa shape index (κ2) is 6.61. The molecule has 1 aromatic rings. The first-order valence-corrected chi connectivity index (χ1v) is 8.00. The number of nitrogens with zero attached hydrogens (tertiary/aromatic N) is 1. The van der Waals surface area contributed by atoms with Crippen molar-refractivity contribution in [3.05, 3.63) is 35.6 Å². The van der Waals surface area contributed by atoms with Crippen molar-refractivity contribution in [1.82, 2.24) is 5.32 Å². The molecule has 0 amide bonds. The quantitative estimate of drug-likeness (QED) is 0.911. The Hall–Kier alpha value is -1.03. The van der Waals surface area contributed by atoms with Gasteiger partial charge < -0.3 is 5.32 Å². The number of halogens is 1. The lowest BCUT2D eigenvalue weighted by Crippen LogP contribution is -2.23. The van der Waals surface area contributed by atoms with Crippen molar-refractivity contribution in [3.63, 3.8) is 0 Å². The number of amidine groups is 1. The average Bonchev–Trinajstić information content (AvgIpc) is 2.74. The summed E-state index contributed by atoms with van der Waals surface area (Å²) in [4.78, 5) is 4.54. The molecule has 2 nitrogen and oxygen atoms in total. The third kappa shape index (κ3) is 5.16. The molecule has 0 aliphatic carbocycles. The number of benzene rings is 1.